The van der Waals surface area contributed by atoms with Gasteiger partial charge in [0.25, 0.3) is 0 Å². The number of rotatable bonds is 4. The summed E-state index contributed by atoms with van der Waals surface area (Å²) in [5, 5.41) is 12.3. The normalized spacial score (nSPS) is 19.5. The highest BCUT2D eigenvalue weighted by Gasteiger charge is 2.17. The molecule has 0 spiro atoms. The Hall–Kier alpha value is -0.770. The summed E-state index contributed by atoms with van der Waals surface area (Å²) in [5.74, 6) is 0.517. The van der Waals surface area contributed by atoms with Gasteiger partial charge in [-0.25, -0.2) is 0 Å². The first-order chi connectivity index (χ1) is 7.03. The van der Waals surface area contributed by atoms with E-state index in [0.29, 0.717) is 18.5 Å². The van der Waals surface area contributed by atoms with Crippen LogP contribution in [0.2, 0.25) is 0 Å². The number of hydrogen-bond acceptors (Lipinski definition) is 2. The topological polar surface area (TPSA) is 70.6 Å². The van der Waals surface area contributed by atoms with Crippen LogP contribution in [-0.4, -0.2) is 30.3 Å². The molecule has 1 saturated carbocycles. The van der Waals surface area contributed by atoms with Crippen LogP contribution >= 0.6 is 0 Å². The van der Waals surface area contributed by atoms with Crippen LogP contribution in [0.3, 0.4) is 0 Å². The maximum atomic E-state index is 9.06. The smallest absolute Gasteiger partial charge is 0.188 e. The molecule has 0 atom stereocenters. The summed E-state index contributed by atoms with van der Waals surface area (Å²) >= 11 is 0. The Bertz CT molecular complexity index is 220. The SMILES string of the molecule is CC(C)(CO)CN=C(N)NC1CCCC1. The molecule has 15 heavy (non-hydrogen) atoms. The second-order valence-electron chi connectivity index (χ2n) is 5.15. The Morgan fingerprint density at radius 1 is 1.47 bits per heavy atom. The minimum atomic E-state index is -0.179. The Morgan fingerprint density at radius 3 is 2.60 bits per heavy atom. The largest absolute Gasteiger partial charge is 0.396 e. The number of hydrogen-bond donors (Lipinski definition) is 3. The van der Waals surface area contributed by atoms with Gasteiger partial charge in [-0.2, -0.15) is 0 Å². The summed E-state index contributed by atoms with van der Waals surface area (Å²) in [4.78, 5) is 4.25. The maximum Gasteiger partial charge on any atom is 0.188 e. The summed E-state index contributed by atoms with van der Waals surface area (Å²) in [6.07, 6.45) is 4.96. The van der Waals surface area contributed by atoms with Gasteiger partial charge in [-0.15, -0.1) is 0 Å². The molecule has 0 bridgehead atoms. The third kappa shape index (κ3) is 4.51. The molecule has 1 aliphatic carbocycles. The minimum Gasteiger partial charge on any atom is -0.396 e. The van der Waals surface area contributed by atoms with Gasteiger partial charge in [0.15, 0.2) is 5.96 Å². The van der Waals surface area contributed by atoms with Crippen LogP contribution < -0.4 is 11.1 Å². The van der Waals surface area contributed by atoms with Crippen molar-refractivity contribution in [3.05, 3.63) is 0 Å². The molecule has 0 aliphatic heterocycles. The third-order valence-corrected chi connectivity index (χ3v) is 2.81. The van der Waals surface area contributed by atoms with Gasteiger partial charge in [0.1, 0.15) is 0 Å². The van der Waals surface area contributed by atoms with Gasteiger partial charge in [0.2, 0.25) is 0 Å². The first-order valence-electron chi connectivity index (χ1n) is 5.71. The number of nitrogens with zero attached hydrogens (tertiary/aromatic N) is 1. The highest BCUT2D eigenvalue weighted by atomic mass is 16.3. The highest BCUT2D eigenvalue weighted by molar-refractivity contribution is 5.78. The Balaban J connectivity index is 2.32. The van der Waals surface area contributed by atoms with Gasteiger partial charge in [-0.1, -0.05) is 26.7 Å². The lowest BCUT2D eigenvalue weighted by molar-refractivity contribution is 0.167. The van der Waals surface area contributed by atoms with E-state index in [4.69, 9.17) is 10.8 Å². The third-order valence-electron chi connectivity index (χ3n) is 2.81. The molecule has 0 aromatic heterocycles. The quantitative estimate of drug-likeness (QED) is 0.479. The van der Waals surface area contributed by atoms with Gasteiger partial charge >= 0.3 is 0 Å². The molecule has 0 saturated heterocycles. The van der Waals surface area contributed by atoms with Crippen molar-refractivity contribution in [3.63, 3.8) is 0 Å². The second-order valence-corrected chi connectivity index (χ2v) is 5.15. The fourth-order valence-corrected chi connectivity index (χ4v) is 1.67. The van der Waals surface area contributed by atoms with Crippen LogP contribution in [0.15, 0.2) is 4.99 Å². The van der Waals surface area contributed by atoms with Crippen LogP contribution in [0.25, 0.3) is 0 Å². The van der Waals surface area contributed by atoms with Gasteiger partial charge < -0.3 is 16.2 Å². The number of aliphatic imine (C=N–C) groups is 1. The van der Waals surface area contributed by atoms with Crippen LogP contribution in [0.1, 0.15) is 39.5 Å². The van der Waals surface area contributed by atoms with E-state index >= 15 is 0 Å². The number of aliphatic hydroxyl groups excluding tert-OH is 1. The summed E-state index contributed by atoms with van der Waals surface area (Å²) < 4.78 is 0. The van der Waals surface area contributed by atoms with E-state index in [0.717, 1.165) is 0 Å². The van der Waals surface area contributed by atoms with Crippen molar-refractivity contribution in [2.24, 2.45) is 16.1 Å². The summed E-state index contributed by atoms with van der Waals surface area (Å²) in [7, 11) is 0. The summed E-state index contributed by atoms with van der Waals surface area (Å²) in [5.41, 5.74) is 5.59. The summed E-state index contributed by atoms with van der Waals surface area (Å²) in [6, 6.07) is 0.506. The molecule has 0 radical (unpaired) electrons. The number of nitrogens with two attached hydrogens (primary N) is 1. The van der Waals surface area contributed by atoms with Crippen LogP contribution in [0, 0.1) is 5.41 Å². The van der Waals surface area contributed by atoms with Gasteiger partial charge in [0.05, 0.1) is 6.54 Å². The molecule has 1 rings (SSSR count). The van der Waals surface area contributed by atoms with Gasteiger partial charge in [-0.3, -0.25) is 4.99 Å². The molecular formula is C11H23N3O. The zero-order valence-electron chi connectivity index (χ0n) is 9.79. The van der Waals surface area contributed by atoms with Crippen molar-refractivity contribution in [3.8, 4) is 0 Å². The minimum absolute atomic E-state index is 0.132. The first-order valence-corrected chi connectivity index (χ1v) is 5.71. The molecule has 4 heteroatoms. The standard InChI is InChI=1S/C11H23N3O/c1-11(2,8-15)7-13-10(12)14-9-5-3-4-6-9/h9,15H,3-8H2,1-2H3,(H3,12,13,14). The van der Waals surface area contributed by atoms with Crippen LogP contribution in [-0.2, 0) is 0 Å². The van der Waals surface area contributed by atoms with Crippen molar-refractivity contribution >= 4 is 5.96 Å². The maximum absolute atomic E-state index is 9.06. The Labute approximate surface area is 92.0 Å². The van der Waals surface area contributed by atoms with Crippen molar-refractivity contribution in [1.82, 2.24) is 5.32 Å². The molecule has 0 amide bonds. The van der Waals surface area contributed by atoms with Crippen LogP contribution in [0.4, 0.5) is 0 Å². The van der Waals surface area contributed by atoms with E-state index in [1.807, 2.05) is 13.8 Å². The Kier molecular flexibility index (Phi) is 4.39. The molecule has 1 aliphatic rings. The predicted octanol–water partition coefficient (Wildman–Crippen LogP) is 0.852. The van der Waals surface area contributed by atoms with Crippen molar-refractivity contribution in [2.45, 2.75) is 45.6 Å². The average Bonchev–Trinajstić information content (AvgIpc) is 2.68. The van der Waals surface area contributed by atoms with Crippen molar-refractivity contribution < 1.29 is 5.11 Å². The van der Waals surface area contributed by atoms with Crippen molar-refractivity contribution in [2.75, 3.05) is 13.2 Å². The molecule has 4 N–H and O–H groups in total. The van der Waals surface area contributed by atoms with Gasteiger partial charge in [-0.05, 0) is 12.8 Å². The molecule has 4 nitrogen and oxygen atoms in total. The van der Waals surface area contributed by atoms with E-state index in [2.05, 4.69) is 10.3 Å². The summed E-state index contributed by atoms with van der Waals surface area (Å²) in [6.45, 7) is 4.64. The predicted molar refractivity (Wildman–Crippen MR) is 62.7 cm³/mol. The van der Waals surface area contributed by atoms with Crippen molar-refractivity contribution in [1.29, 1.82) is 0 Å². The van der Waals surface area contributed by atoms with Gasteiger partial charge in [0, 0.05) is 18.1 Å². The van der Waals surface area contributed by atoms with E-state index in [-0.39, 0.29) is 12.0 Å². The van der Waals surface area contributed by atoms with E-state index in [1.165, 1.54) is 25.7 Å². The van der Waals surface area contributed by atoms with E-state index in [1.54, 1.807) is 0 Å². The fourth-order valence-electron chi connectivity index (χ4n) is 1.67. The van der Waals surface area contributed by atoms with E-state index < -0.39 is 0 Å². The first kappa shape index (κ1) is 12.3. The zero-order valence-corrected chi connectivity index (χ0v) is 9.79. The fraction of sp³-hybridized carbons (Fsp3) is 0.909. The molecule has 0 heterocycles. The lowest BCUT2D eigenvalue weighted by atomic mass is 9.95. The van der Waals surface area contributed by atoms with Crippen LogP contribution in [0.5, 0.6) is 0 Å². The second kappa shape index (κ2) is 5.35. The molecule has 0 aromatic rings. The molecule has 1 fully saturated rings. The lowest BCUT2D eigenvalue weighted by Gasteiger charge is -2.19. The number of guanidine groups is 1. The molecule has 0 aromatic carbocycles. The molecule has 0 unspecified atom stereocenters. The number of aliphatic hydroxyl groups is 1. The molecular weight excluding hydrogens is 190 g/mol. The van der Waals surface area contributed by atoms with E-state index in [9.17, 15) is 0 Å². The Morgan fingerprint density at radius 2 is 2.07 bits per heavy atom. The lowest BCUT2D eigenvalue weighted by Crippen LogP contribution is -2.39. The highest BCUT2D eigenvalue weighted by Crippen LogP contribution is 2.17. The zero-order chi connectivity index (χ0) is 11.3. The molecule has 88 valence electrons. The average molecular weight is 213 g/mol. The monoisotopic (exact) mass is 213 g/mol. The number of nitrogens with one attached hydrogen (secondary N) is 1.